The largest absolute Gasteiger partial charge is 0.295 e. The summed E-state index contributed by atoms with van der Waals surface area (Å²) in [6, 6.07) is 0. The third kappa shape index (κ3) is 1.87. The maximum Gasteiger partial charge on any atom is 0.155 e. The lowest BCUT2D eigenvalue weighted by molar-refractivity contribution is -0.117. The van der Waals surface area contributed by atoms with Gasteiger partial charge < -0.3 is 0 Å². The topological polar surface area (TPSA) is 17.1 Å². The monoisotopic (exact) mass is 304 g/mol. The SMILES string of the molecule is CC12CCC(=O)C=C1CCC1C2CCC2(C)C(S)CCC12. The molecule has 0 radical (unpaired) electrons. The Morgan fingerprint density at radius 1 is 1.05 bits per heavy atom. The van der Waals surface area contributed by atoms with Crippen molar-refractivity contribution < 1.29 is 4.79 Å². The van der Waals surface area contributed by atoms with Gasteiger partial charge >= 0.3 is 0 Å². The Morgan fingerprint density at radius 3 is 2.67 bits per heavy atom. The summed E-state index contributed by atoms with van der Waals surface area (Å²) >= 11 is 4.93. The normalized spacial score (nSPS) is 52.7. The van der Waals surface area contributed by atoms with E-state index in [9.17, 15) is 4.79 Å². The molecule has 0 aromatic carbocycles. The molecule has 0 N–H and O–H groups in total. The van der Waals surface area contributed by atoms with E-state index >= 15 is 0 Å². The van der Waals surface area contributed by atoms with Crippen molar-refractivity contribution in [3.05, 3.63) is 11.6 Å². The summed E-state index contributed by atoms with van der Waals surface area (Å²) in [7, 11) is 0. The van der Waals surface area contributed by atoms with Crippen molar-refractivity contribution in [2.75, 3.05) is 0 Å². The molecule has 0 spiro atoms. The molecule has 1 nitrogen and oxygen atoms in total. The Bertz CT molecular complexity index is 510. The van der Waals surface area contributed by atoms with Gasteiger partial charge in [-0.25, -0.2) is 0 Å². The van der Waals surface area contributed by atoms with Crippen molar-refractivity contribution in [3.8, 4) is 0 Å². The van der Waals surface area contributed by atoms with Gasteiger partial charge in [-0.15, -0.1) is 0 Å². The fraction of sp³-hybridized carbons (Fsp3) is 0.842. The van der Waals surface area contributed by atoms with Crippen molar-refractivity contribution in [1.29, 1.82) is 0 Å². The fourth-order valence-corrected chi connectivity index (χ4v) is 7.00. The third-order valence-corrected chi connectivity index (χ3v) is 8.76. The zero-order chi connectivity index (χ0) is 14.8. The molecule has 2 heteroatoms. The minimum atomic E-state index is 0.326. The average molecular weight is 304 g/mol. The van der Waals surface area contributed by atoms with E-state index in [1.807, 2.05) is 6.08 Å². The van der Waals surface area contributed by atoms with E-state index in [4.69, 9.17) is 12.6 Å². The highest BCUT2D eigenvalue weighted by molar-refractivity contribution is 7.81. The highest BCUT2D eigenvalue weighted by Crippen LogP contribution is 2.65. The van der Waals surface area contributed by atoms with Crippen molar-refractivity contribution in [2.24, 2.45) is 28.6 Å². The Hall–Kier alpha value is -0.240. The number of allylic oxidation sites excluding steroid dienone is 1. The molecule has 0 bridgehead atoms. The van der Waals surface area contributed by atoms with E-state index in [0.29, 0.717) is 21.9 Å². The lowest BCUT2D eigenvalue weighted by Crippen LogP contribution is -2.50. The molecule has 0 aromatic rings. The van der Waals surface area contributed by atoms with Crippen LogP contribution in [0.3, 0.4) is 0 Å². The standard InChI is InChI=1S/C19H28OS/c1-18-9-7-13(20)11-12(18)3-4-14-15-5-6-17(21)19(15,2)10-8-16(14)18/h11,14-17,21H,3-10H2,1-2H3. The lowest BCUT2D eigenvalue weighted by atomic mass is 9.47. The summed E-state index contributed by atoms with van der Waals surface area (Å²) in [6.07, 6.45) is 11.8. The predicted molar refractivity (Wildman–Crippen MR) is 89.5 cm³/mol. The van der Waals surface area contributed by atoms with Gasteiger partial charge in [-0.05, 0) is 79.6 Å². The van der Waals surface area contributed by atoms with Crippen molar-refractivity contribution in [1.82, 2.24) is 0 Å². The summed E-state index contributed by atoms with van der Waals surface area (Å²) in [5.74, 6) is 2.96. The molecule has 6 atom stereocenters. The Labute approximate surface area is 134 Å². The molecule has 4 aliphatic carbocycles. The van der Waals surface area contributed by atoms with E-state index in [-0.39, 0.29) is 0 Å². The number of hydrogen-bond acceptors (Lipinski definition) is 2. The summed E-state index contributed by atoms with van der Waals surface area (Å²) in [5.41, 5.74) is 2.29. The lowest BCUT2D eigenvalue weighted by Gasteiger charge is -2.57. The molecule has 0 saturated heterocycles. The van der Waals surface area contributed by atoms with Gasteiger partial charge in [-0.2, -0.15) is 12.6 Å². The van der Waals surface area contributed by atoms with E-state index in [1.54, 1.807) is 0 Å². The molecule has 3 saturated carbocycles. The Kier molecular flexibility index (Phi) is 3.17. The minimum absolute atomic E-state index is 0.326. The second kappa shape index (κ2) is 4.63. The summed E-state index contributed by atoms with van der Waals surface area (Å²) in [5, 5.41) is 0.612. The van der Waals surface area contributed by atoms with Crippen LogP contribution in [0.15, 0.2) is 11.6 Å². The Morgan fingerprint density at radius 2 is 1.86 bits per heavy atom. The van der Waals surface area contributed by atoms with Crippen LogP contribution in [0.5, 0.6) is 0 Å². The fourth-order valence-electron chi connectivity index (χ4n) is 6.53. The third-order valence-electron chi connectivity index (χ3n) is 7.91. The van der Waals surface area contributed by atoms with Crippen molar-refractivity contribution in [3.63, 3.8) is 0 Å². The van der Waals surface area contributed by atoms with Crippen LogP contribution in [0.4, 0.5) is 0 Å². The first-order chi connectivity index (χ1) is 9.95. The van der Waals surface area contributed by atoms with Crippen LogP contribution in [0.25, 0.3) is 0 Å². The second-order valence-electron chi connectivity index (χ2n) is 8.61. The van der Waals surface area contributed by atoms with Crippen LogP contribution in [0.1, 0.15) is 65.2 Å². The molecule has 0 aliphatic heterocycles. The van der Waals surface area contributed by atoms with Crippen LogP contribution >= 0.6 is 12.6 Å². The highest BCUT2D eigenvalue weighted by atomic mass is 32.1. The van der Waals surface area contributed by atoms with Gasteiger partial charge in [0.05, 0.1) is 0 Å². The number of hydrogen-bond donors (Lipinski definition) is 1. The summed E-state index contributed by atoms with van der Waals surface area (Å²) in [6.45, 7) is 4.98. The molecular weight excluding hydrogens is 276 g/mol. The molecule has 4 rings (SSSR count). The average Bonchev–Trinajstić information content (AvgIpc) is 2.76. The molecular formula is C19H28OS. The van der Waals surface area contributed by atoms with Gasteiger partial charge in [-0.1, -0.05) is 19.4 Å². The van der Waals surface area contributed by atoms with Gasteiger partial charge in [0.15, 0.2) is 5.78 Å². The number of carbonyl (C=O) groups excluding carboxylic acids is 1. The minimum Gasteiger partial charge on any atom is -0.295 e. The number of rotatable bonds is 0. The summed E-state index contributed by atoms with van der Waals surface area (Å²) < 4.78 is 0. The van der Waals surface area contributed by atoms with Crippen LogP contribution in [-0.4, -0.2) is 11.0 Å². The zero-order valence-corrected chi connectivity index (χ0v) is 14.3. The molecule has 0 aromatic heterocycles. The first kappa shape index (κ1) is 14.4. The maximum absolute atomic E-state index is 11.8. The first-order valence-corrected chi connectivity index (χ1v) is 9.39. The first-order valence-electron chi connectivity index (χ1n) is 8.87. The molecule has 116 valence electrons. The smallest absolute Gasteiger partial charge is 0.155 e. The van der Waals surface area contributed by atoms with Gasteiger partial charge in [0.2, 0.25) is 0 Å². The summed E-state index contributed by atoms with van der Waals surface area (Å²) in [4.78, 5) is 11.8. The number of thiol groups is 1. The van der Waals surface area contributed by atoms with Crippen molar-refractivity contribution >= 4 is 18.4 Å². The molecule has 0 amide bonds. The number of carbonyl (C=O) groups is 1. The molecule has 3 fully saturated rings. The van der Waals surface area contributed by atoms with Crippen LogP contribution in [0, 0.1) is 28.6 Å². The van der Waals surface area contributed by atoms with Gasteiger partial charge in [0.25, 0.3) is 0 Å². The maximum atomic E-state index is 11.8. The molecule has 21 heavy (non-hydrogen) atoms. The molecule has 0 heterocycles. The van der Waals surface area contributed by atoms with E-state index < -0.39 is 0 Å². The van der Waals surface area contributed by atoms with Crippen LogP contribution in [0.2, 0.25) is 0 Å². The Balaban J connectivity index is 1.69. The van der Waals surface area contributed by atoms with Gasteiger partial charge in [0.1, 0.15) is 0 Å². The van der Waals surface area contributed by atoms with Crippen LogP contribution < -0.4 is 0 Å². The molecule has 4 aliphatic rings. The van der Waals surface area contributed by atoms with Gasteiger partial charge in [0, 0.05) is 11.7 Å². The number of fused-ring (bicyclic) bond motifs is 5. The molecule has 6 unspecified atom stereocenters. The zero-order valence-electron chi connectivity index (χ0n) is 13.4. The van der Waals surface area contributed by atoms with E-state index in [0.717, 1.165) is 30.6 Å². The quantitative estimate of drug-likeness (QED) is 0.635. The number of ketones is 1. The van der Waals surface area contributed by atoms with Crippen LogP contribution in [-0.2, 0) is 4.79 Å². The van der Waals surface area contributed by atoms with Crippen molar-refractivity contribution in [2.45, 2.75) is 70.5 Å². The van der Waals surface area contributed by atoms with Gasteiger partial charge in [-0.3, -0.25) is 4.79 Å². The van der Waals surface area contributed by atoms with E-state index in [1.165, 1.54) is 44.1 Å². The highest BCUT2D eigenvalue weighted by Gasteiger charge is 2.58. The van der Waals surface area contributed by atoms with E-state index in [2.05, 4.69) is 13.8 Å². The predicted octanol–water partition coefficient (Wildman–Crippen LogP) is 4.82. The second-order valence-corrected chi connectivity index (χ2v) is 9.23.